The van der Waals surface area contributed by atoms with Gasteiger partial charge in [0.1, 0.15) is 11.4 Å². The van der Waals surface area contributed by atoms with Crippen molar-refractivity contribution in [2.75, 3.05) is 11.9 Å². The van der Waals surface area contributed by atoms with Crippen LogP contribution in [-0.4, -0.2) is 18.1 Å². The topological polar surface area (TPSA) is 50.4 Å². The molecule has 1 fully saturated rings. The monoisotopic (exact) mass is 304 g/mol. The quantitative estimate of drug-likeness (QED) is 0.838. The van der Waals surface area contributed by atoms with Gasteiger partial charge < -0.3 is 15.4 Å². The molecule has 2 aliphatic heterocycles. The molecule has 3 aliphatic rings. The van der Waals surface area contributed by atoms with Crippen LogP contribution >= 0.6 is 11.6 Å². The molecule has 1 aromatic rings. The number of halogens is 1. The van der Waals surface area contributed by atoms with Crippen molar-refractivity contribution in [2.24, 2.45) is 5.92 Å². The highest BCUT2D eigenvalue weighted by Crippen LogP contribution is 2.49. The van der Waals surface area contributed by atoms with Crippen LogP contribution in [0.3, 0.4) is 0 Å². The maximum absolute atomic E-state index is 12.0. The first kappa shape index (κ1) is 13.0. The molecule has 0 bridgehead atoms. The Morgan fingerprint density at radius 2 is 2.19 bits per heavy atom. The summed E-state index contributed by atoms with van der Waals surface area (Å²) in [5.74, 6) is 1.25. The van der Waals surface area contributed by atoms with E-state index in [-0.39, 0.29) is 5.91 Å². The fourth-order valence-corrected chi connectivity index (χ4v) is 3.10. The zero-order chi connectivity index (χ0) is 14.6. The van der Waals surface area contributed by atoms with Gasteiger partial charge in [0, 0.05) is 30.6 Å². The van der Waals surface area contributed by atoms with Crippen LogP contribution in [-0.2, 0) is 4.79 Å². The molecule has 5 heteroatoms. The molecule has 0 unspecified atom stereocenters. The van der Waals surface area contributed by atoms with E-state index in [1.54, 1.807) is 0 Å². The van der Waals surface area contributed by atoms with Crippen molar-refractivity contribution in [1.29, 1.82) is 0 Å². The molecule has 2 N–H and O–H groups in total. The first-order chi connectivity index (χ1) is 10.1. The predicted molar refractivity (Wildman–Crippen MR) is 82.4 cm³/mol. The van der Waals surface area contributed by atoms with Crippen LogP contribution < -0.4 is 15.4 Å². The maximum atomic E-state index is 12.0. The maximum Gasteiger partial charge on any atom is 0.268 e. The summed E-state index contributed by atoms with van der Waals surface area (Å²) in [5, 5.41) is 6.83. The molecule has 21 heavy (non-hydrogen) atoms. The third-order valence-electron chi connectivity index (χ3n) is 4.39. The molecule has 1 spiro atoms. The number of allylic oxidation sites excluding steroid dienone is 1. The van der Waals surface area contributed by atoms with Gasteiger partial charge in [-0.05, 0) is 24.5 Å². The molecule has 4 nitrogen and oxygen atoms in total. The highest BCUT2D eigenvalue weighted by Gasteiger charge is 2.55. The number of hydrogen-bond acceptors (Lipinski definition) is 3. The summed E-state index contributed by atoms with van der Waals surface area (Å²) in [6.07, 6.45) is 4.80. The Hall–Kier alpha value is -1.68. The summed E-state index contributed by atoms with van der Waals surface area (Å²) in [6, 6.07) is 3.85. The number of amides is 1. The molecule has 110 valence electrons. The molecule has 2 heterocycles. The Kier molecular flexibility index (Phi) is 2.73. The van der Waals surface area contributed by atoms with Gasteiger partial charge >= 0.3 is 0 Å². The van der Waals surface area contributed by atoms with Crippen molar-refractivity contribution in [3.05, 3.63) is 28.8 Å². The average Bonchev–Trinajstić information content (AvgIpc) is 3.22. The van der Waals surface area contributed by atoms with E-state index >= 15 is 0 Å². The highest BCUT2D eigenvalue weighted by molar-refractivity contribution is 6.34. The second-order valence-corrected chi connectivity index (χ2v) is 6.63. The van der Waals surface area contributed by atoms with Gasteiger partial charge in [-0.1, -0.05) is 24.6 Å². The van der Waals surface area contributed by atoms with Crippen molar-refractivity contribution >= 4 is 28.9 Å². The van der Waals surface area contributed by atoms with E-state index in [4.69, 9.17) is 16.3 Å². The largest absolute Gasteiger partial charge is 0.475 e. The lowest BCUT2D eigenvalue weighted by atomic mass is 9.99. The SMILES string of the molecule is C[C@H]1CC=C(c2cc(Cl)c3c(c2)OC2(CC2)C(=O)N3)NC1. The lowest BCUT2D eigenvalue weighted by Crippen LogP contribution is -2.39. The van der Waals surface area contributed by atoms with Crippen LogP contribution in [0.4, 0.5) is 5.69 Å². The van der Waals surface area contributed by atoms with E-state index in [0.717, 1.165) is 37.1 Å². The first-order valence-electron chi connectivity index (χ1n) is 7.36. The zero-order valence-electron chi connectivity index (χ0n) is 11.8. The number of anilines is 1. The minimum atomic E-state index is -0.641. The van der Waals surface area contributed by atoms with E-state index in [1.807, 2.05) is 12.1 Å². The van der Waals surface area contributed by atoms with Crippen LogP contribution in [0.15, 0.2) is 18.2 Å². The number of carbonyl (C=O) groups excluding carboxylic acids is 1. The van der Waals surface area contributed by atoms with Gasteiger partial charge in [0.15, 0.2) is 5.60 Å². The normalized spacial score (nSPS) is 25.3. The van der Waals surface area contributed by atoms with E-state index in [0.29, 0.717) is 22.4 Å². The third kappa shape index (κ3) is 2.09. The summed E-state index contributed by atoms with van der Waals surface area (Å²) in [7, 11) is 0. The number of rotatable bonds is 1. The summed E-state index contributed by atoms with van der Waals surface area (Å²) >= 11 is 6.32. The smallest absolute Gasteiger partial charge is 0.268 e. The number of fused-ring (bicyclic) bond motifs is 1. The van der Waals surface area contributed by atoms with Crippen LogP contribution in [0.25, 0.3) is 5.70 Å². The zero-order valence-corrected chi connectivity index (χ0v) is 12.6. The Bertz CT molecular complexity index is 664. The average molecular weight is 305 g/mol. The number of nitrogens with one attached hydrogen (secondary N) is 2. The lowest BCUT2D eigenvalue weighted by molar-refractivity contribution is -0.125. The third-order valence-corrected chi connectivity index (χ3v) is 4.69. The fraction of sp³-hybridized carbons (Fsp3) is 0.438. The lowest BCUT2D eigenvalue weighted by Gasteiger charge is -2.28. The summed E-state index contributed by atoms with van der Waals surface area (Å²) in [5.41, 5.74) is 2.05. The molecular weight excluding hydrogens is 288 g/mol. The number of ether oxygens (including phenoxy) is 1. The summed E-state index contributed by atoms with van der Waals surface area (Å²) in [6.45, 7) is 3.18. The van der Waals surface area contributed by atoms with Crippen LogP contribution in [0.2, 0.25) is 5.02 Å². The van der Waals surface area contributed by atoms with Gasteiger partial charge in [-0.3, -0.25) is 4.79 Å². The Morgan fingerprint density at radius 1 is 1.38 bits per heavy atom. The minimum Gasteiger partial charge on any atom is -0.475 e. The number of benzene rings is 1. The molecule has 1 atom stereocenters. The van der Waals surface area contributed by atoms with Gasteiger partial charge in [0.2, 0.25) is 0 Å². The molecule has 1 saturated carbocycles. The Balaban J connectivity index is 1.72. The molecule has 4 rings (SSSR count). The molecule has 1 aliphatic carbocycles. The van der Waals surface area contributed by atoms with Gasteiger partial charge in [-0.2, -0.15) is 0 Å². The van der Waals surface area contributed by atoms with Crippen molar-refractivity contribution in [3.8, 4) is 5.75 Å². The van der Waals surface area contributed by atoms with E-state index < -0.39 is 5.60 Å². The van der Waals surface area contributed by atoms with Crippen molar-refractivity contribution in [1.82, 2.24) is 5.32 Å². The van der Waals surface area contributed by atoms with Gasteiger partial charge in [0.05, 0.1) is 5.02 Å². The van der Waals surface area contributed by atoms with E-state index in [2.05, 4.69) is 23.6 Å². The first-order valence-corrected chi connectivity index (χ1v) is 7.74. The van der Waals surface area contributed by atoms with Crippen LogP contribution in [0.1, 0.15) is 31.7 Å². The number of carbonyl (C=O) groups is 1. The number of hydrogen-bond donors (Lipinski definition) is 2. The van der Waals surface area contributed by atoms with Gasteiger partial charge in [-0.25, -0.2) is 0 Å². The van der Waals surface area contributed by atoms with Crippen molar-refractivity contribution in [3.63, 3.8) is 0 Å². The van der Waals surface area contributed by atoms with E-state index in [9.17, 15) is 4.79 Å². The molecule has 1 aromatic carbocycles. The second kappa shape index (κ2) is 4.41. The van der Waals surface area contributed by atoms with Gasteiger partial charge in [-0.15, -0.1) is 0 Å². The minimum absolute atomic E-state index is 0.0755. The molecule has 0 radical (unpaired) electrons. The molecule has 0 aromatic heterocycles. The second-order valence-electron chi connectivity index (χ2n) is 6.22. The Labute approximate surface area is 128 Å². The standard InChI is InChI=1S/C16H17ClN2O2/c1-9-2-3-12(18-8-9)10-6-11(17)14-13(7-10)21-16(4-5-16)15(20)19-14/h3,6-7,9,18H,2,4-5,8H2,1H3,(H,19,20)/t9-/m0/s1. The van der Waals surface area contributed by atoms with Crippen LogP contribution in [0, 0.1) is 5.92 Å². The fourth-order valence-electron chi connectivity index (χ4n) is 2.84. The highest BCUT2D eigenvalue weighted by atomic mass is 35.5. The summed E-state index contributed by atoms with van der Waals surface area (Å²) in [4.78, 5) is 12.0. The Morgan fingerprint density at radius 3 is 2.86 bits per heavy atom. The predicted octanol–water partition coefficient (Wildman–Crippen LogP) is 3.17. The van der Waals surface area contributed by atoms with Crippen molar-refractivity contribution in [2.45, 2.75) is 31.8 Å². The van der Waals surface area contributed by atoms with Crippen LogP contribution in [0.5, 0.6) is 5.75 Å². The molecular formula is C16H17ClN2O2. The van der Waals surface area contributed by atoms with E-state index in [1.165, 1.54) is 0 Å². The van der Waals surface area contributed by atoms with Gasteiger partial charge in [0.25, 0.3) is 5.91 Å². The molecule has 0 saturated heterocycles. The summed E-state index contributed by atoms with van der Waals surface area (Å²) < 4.78 is 5.92. The van der Waals surface area contributed by atoms with Crippen molar-refractivity contribution < 1.29 is 9.53 Å². The molecule has 1 amide bonds.